The average Bonchev–Trinajstić information content (AvgIpc) is 2.21. The number of hydrogen-bond acceptors (Lipinski definition) is 4. The standard InChI is InChI=1S/C13H31Cl2O4Si5/c1-12(14)20(3)16-22(6,7)18-24(10,11)19-23(8,9)17-21(4,5)13(2)15/h1-2H2,3-11H3. The van der Waals surface area contributed by atoms with Crippen LogP contribution < -0.4 is 0 Å². The molecule has 0 aromatic carbocycles. The molecule has 141 valence electrons. The highest BCUT2D eigenvalue weighted by atomic mass is 35.5. The Morgan fingerprint density at radius 2 is 1.12 bits per heavy atom. The lowest BCUT2D eigenvalue weighted by Gasteiger charge is -2.40. The summed E-state index contributed by atoms with van der Waals surface area (Å²) in [7, 11) is -10.7. The van der Waals surface area contributed by atoms with Crippen molar-refractivity contribution >= 4 is 66.2 Å². The Bertz CT molecular complexity index is 483. The fourth-order valence-corrected chi connectivity index (χ4v) is 22.9. The van der Waals surface area contributed by atoms with Gasteiger partial charge in [0.05, 0.1) is 0 Å². The minimum absolute atomic E-state index is 0.566. The molecule has 0 saturated carbocycles. The number of rotatable bonds is 10. The summed E-state index contributed by atoms with van der Waals surface area (Å²) in [5.41, 5.74) is 0. The first-order valence-electron chi connectivity index (χ1n) is 7.72. The maximum Gasteiger partial charge on any atom is 0.314 e. The normalized spacial score (nSPS) is 14.2. The van der Waals surface area contributed by atoms with Gasteiger partial charge < -0.3 is 16.5 Å². The first-order chi connectivity index (χ1) is 10.4. The van der Waals surface area contributed by atoms with Crippen LogP contribution in [0.4, 0.5) is 0 Å². The van der Waals surface area contributed by atoms with E-state index < -0.39 is 43.0 Å². The second kappa shape index (κ2) is 8.78. The molecular weight excluding hydrogens is 431 g/mol. The Kier molecular flexibility index (Phi) is 9.14. The van der Waals surface area contributed by atoms with Gasteiger partial charge in [-0.15, -0.1) is 0 Å². The van der Waals surface area contributed by atoms with Crippen LogP contribution in [-0.2, 0) is 16.5 Å². The van der Waals surface area contributed by atoms with Crippen LogP contribution in [0.1, 0.15) is 0 Å². The molecule has 0 aliphatic rings. The minimum atomic E-state index is -2.44. The molecule has 0 N–H and O–H groups in total. The van der Waals surface area contributed by atoms with E-state index in [9.17, 15) is 0 Å². The Morgan fingerprint density at radius 3 is 1.50 bits per heavy atom. The zero-order valence-corrected chi connectivity index (χ0v) is 22.8. The average molecular weight is 463 g/mol. The summed E-state index contributed by atoms with van der Waals surface area (Å²) in [5.74, 6) is 0. The third-order valence-corrected chi connectivity index (χ3v) is 22.2. The van der Waals surface area contributed by atoms with Crippen molar-refractivity contribution in [3.05, 3.63) is 22.5 Å². The van der Waals surface area contributed by atoms with E-state index in [-0.39, 0.29) is 0 Å². The lowest BCUT2D eigenvalue weighted by molar-refractivity contribution is 0.303. The predicted molar refractivity (Wildman–Crippen MR) is 116 cm³/mol. The maximum absolute atomic E-state index is 6.37. The van der Waals surface area contributed by atoms with Crippen LogP contribution >= 0.6 is 23.2 Å². The zero-order chi connectivity index (χ0) is 19.6. The summed E-state index contributed by atoms with van der Waals surface area (Å²) in [6, 6.07) is 0. The van der Waals surface area contributed by atoms with Crippen LogP contribution in [0.15, 0.2) is 22.5 Å². The third kappa shape index (κ3) is 9.62. The molecule has 4 nitrogen and oxygen atoms in total. The van der Waals surface area contributed by atoms with E-state index in [0.29, 0.717) is 9.31 Å². The highest BCUT2D eigenvalue weighted by Gasteiger charge is 2.45. The maximum atomic E-state index is 6.37. The Morgan fingerprint density at radius 1 is 0.750 bits per heavy atom. The second-order valence-corrected chi connectivity index (χ2v) is 26.0. The van der Waals surface area contributed by atoms with Crippen molar-refractivity contribution in [2.24, 2.45) is 0 Å². The van der Waals surface area contributed by atoms with Gasteiger partial charge in [-0.3, -0.25) is 0 Å². The molecule has 0 heterocycles. The topological polar surface area (TPSA) is 36.9 Å². The molecule has 11 heteroatoms. The molecule has 0 aliphatic carbocycles. The highest BCUT2D eigenvalue weighted by Crippen LogP contribution is 2.28. The van der Waals surface area contributed by atoms with E-state index in [4.69, 9.17) is 39.7 Å². The molecule has 0 saturated heterocycles. The van der Waals surface area contributed by atoms with Crippen molar-refractivity contribution in [1.82, 2.24) is 0 Å². The SMILES string of the molecule is C=C(Cl)[Si](C)O[Si](C)(C)O[Si](C)(C)O[Si](C)(C)O[Si](C)(C)C(=C)Cl. The quantitative estimate of drug-likeness (QED) is 0.398. The first-order valence-corrected chi connectivity index (χ1v) is 21.7. The molecule has 0 rings (SSSR count). The van der Waals surface area contributed by atoms with E-state index in [1.54, 1.807) is 0 Å². The summed E-state index contributed by atoms with van der Waals surface area (Å²) in [6.07, 6.45) is 0. The van der Waals surface area contributed by atoms with Gasteiger partial charge in [-0.25, -0.2) is 0 Å². The molecule has 0 aromatic heterocycles. The third-order valence-electron chi connectivity index (χ3n) is 2.92. The lowest BCUT2D eigenvalue weighted by Crippen LogP contribution is -2.57. The van der Waals surface area contributed by atoms with Gasteiger partial charge >= 0.3 is 25.7 Å². The van der Waals surface area contributed by atoms with Gasteiger partial charge in [0.1, 0.15) is 0 Å². The molecule has 1 radical (unpaired) electrons. The molecule has 0 amide bonds. The molecular formula is C13H31Cl2O4Si5. The van der Waals surface area contributed by atoms with Gasteiger partial charge in [0, 0.05) is 9.31 Å². The molecule has 0 atom stereocenters. The van der Waals surface area contributed by atoms with Crippen LogP contribution in [0.2, 0.25) is 58.9 Å². The molecule has 0 fully saturated rings. The zero-order valence-electron chi connectivity index (χ0n) is 16.3. The van der Waals surface area contributed by atoms with Crippen molar-refractivity contribution in [2.45, 2.75) is 58.9 Å². The van der Waals surface area contributed by atoms with Crippen molar-refractivity contribution < 1.29 is 16.5 Å². The Balaban J connectivity index is 5.00. The van der Waals surface area contributed by atoms with Crippen molar-refractivity contribution in [3.8, 4) is 0 Å². The van der Waals surface area contributed by atoms with Crippen LogP contribution in [0, 0.1) is 0 Å². The van der Waals surface area contributed by atoms with Crippen molar-refractivity contribution in [1.29, 1.82) is 0 Å². The van der Waals surface area contributed by atoms with Gasteiger partial charge in [0.15, 0.2) is 0 Å². The van der Waals surface area contributed by atoms with Gasteiger partial charge in [-0.1, -0.05) is 36.4 Å². The molecule has 0 bridgehead atoms. The van der Waals surface area contributed by atoms with Crippen molar-refractivity contribution in [3.63, 3.8) is 0 Å². The minimum Gasteiger partial charge on any atom is -0.432 e. The number of halogens is 2. The van der Waals surface area contributed by atoms with Crippen LogP contribution in [-0.4, -0.2) is 43.0 Å². The van der Waals surface area contributed by atoms with Gasteiger partial charge in [-0.2, -0.15) is 0 Å². The molecule has 0 aromatic rings. The fraction of sp³-hybridized carbons (Fsp3) is 0.692. The van der Waals surface area contributed by atoms with E-state index in [1.807, 2.05) is 58.9 Å². The van der Waals surface area contributed by atoms with Crippen LogP contribution in [0.3, 0.4) is 0 Å². The van der Waals surface area contributed by atoms with Crippen LogP contribution in [0.5, 0.6) is 0 Å². The Hall–Kier alpha value is 0.984. The van der Waals surface area contributed by atoms with E-state index >= 15 is 0 Å². The molecule has 0 spiro atoms. The van der Waals surface area contributed by atoms with Gasteiger partial charge in [-0.05, 0) is 58.9 Å². The Labute approximate surface area is 163 Å². The second-order valence-electron chi connectivity index (χ2n) is 7.48. The van der Waals surface area contributed by atoms with Crippen molar-refractivity contribution in [2.75, 3.05) is 0 Å². The summed E-state index contributed by atoms with van der Waals surface area (Å²) in [4.78, 5) is 0. The van der Waals surface area contributed by atoms with E-state index in [0.717, 1.165) is 0 Å². The van der Waals surface area contributed by atoms with Gasteiger partial charge in [0.25, 0.3) is 0 Å². The molecule has 0 unspecified atom stereocenters. The van der Waals surface area contributed by atoms with Crippen LogP contribution in [0.25, 0.3) is 0 Å². The summed E-state index contributed by atoms with van der Waals surface area (Å²) in [6.45, 7) is 25.7. The monoisotopic (exact) mass is 461 g/mol. The summed E-state index contributed by atoms with van der Waals surface area (Å²) >= 11 is 12.1. The molecule has 24 heavy (non-hydrogen) atoms. The largest absolute Gasteiger partial charge is 0.432 e. The van der Waals surface area contributed by atoms with Gasteiger partial charge in [0.2, 0.25) is 17.4 Å². The van der Waals surface area contributed by atoms with E-state index in [2.05, 4.69) is 13.2 Å². The fourth-order valence-electron chi connectivity index (χ4n) is 2.34. The molecule has 0 aliphatic heterocycles. The number of hydrogen-bond donors (Lipinski definition) is 0. The smallest absolute Gasteiger partial charge is 0.314 e. The predicted octanol–water partition coefficient (Wildman–Crippen LogP) is 5.57. The first kappa shape index (κ1) is 25.0. The highest BCUT2D eigenvalue weighted by molar-refractivity contribution is 6.94. The van der Waals surface area contributed by atoms with E-state index in [1.165, 1.54) is 0 Å². The summed E-state index contributed by atoms with van der Waals surface area (Å²) in [5, 5.41) is 0. The lowest BCUT2D eigenvalue weighted by atomic mass is 11.2. The summed E-state index contributed by atoms with van der Waals surface area (Å²) < 4.78 is 26.2.